The van der Waals surface area contributed by atoms with Gasteiger partial charge in [-0.15, -0.1) is 0 Å². The molecule has 2 rings (SSSR count). The van der Waals surface area contributed by atoms with Crippen molar-refractivity contribution in [2.75, 3.05) is 0 Å². The summed E-state index contributed by atoms with van der Waals surface area (Å²) < 4.78 is 39.9. The van der Waals surface area contributed by atoms with Crippen LogP contribution in [-0.4, -0.2) is 4.57 Å². The number of hydrogen-bond donors (Lipinski definition) is 0. The zero-order valence-electron chi connectivity index (χ0n) is 8.68. The molecule has 0 saturated carbocycles. The van der Waals surface area contributed by atoms with E-state index in [0.29, 0.717) is 4.47 Å². The number of hydrogen-bond acceptors (Lipinski definition) is 1. The molecule has 0 radical (unpaired) electrons. The van der Waals surface area contributed by atoms with E-state index in [2.05, 4.69) is 15.9 Å². The molecule has 2 aromatic rings. The lowest BCUT2D eigenvalue weighted by Gasteiger charge is -2.12. The number of nitrogens with zero attached hydrogens (tertiary/aromatic N) is 1. The topological polar surface area (TPSA) is 22.0 Å². The molecular weight excluding hydrogens is 299 g/mol. The Kier molecular flexibility index (Phi) is 2.77. The molecule has 0 saturated heterocycles. The molecule has 0 unspecified atom stereocenters. The number of aromatic nitrogens is 1. The Morgan fingerprint density at radius 2 is 1.88 bits per heavy atom. The van der Waals surface area contributed by atoms with Gasteiger partial charge in [0.2, 0.25) is 0 Å². The normalized spacial score (nSPS) is 12.1. The smallest absolute Gasteiger partial charge is 0.317 e. The minimum atomic E-state index is -4.48. The molecule has 1 aromatic heterocycles. The van der Waals surface area contributed by atoms with E-state index < -0.39 is 17.3 Å². The lowest BCUT2D eigenvalue weighted by atomic mass is 10.1. The number of aryl methyl sites for hydroxylation is 1. The van der Waals surface area contributed by atoms with Crippen molar-refractivity contribution in [1.29, 1.82) is 0 Å². The fourth-order valence-corrected chi connectivity index (χ4v) is 2.02. The Bertz CT molecular complexity index is 645. The molecule has 0 atom stereocenters. The van der Waals surface area contributed by atoms with Crippen LogP contribution in [0.3, 0.4) is 0 Å². The number of alkyl halides is 3. The summed E-state index contributed by atoms with van der Waals surface area (Å²) >= 11 is 3.10. The molecule has 2 nitrogen and oxygen atoms in total. The van der Waals surface area contributed by atoms with E-state index in [1.54, 1.807) is 6.07 Å². The standard InChI is InChI=1S/C11H7BrF3NO/c1-16-5-9(11(13,14)15)8-4-6(12)2-3-7(8)10(16)17/h2-5H,1H3. The quantitative estimate of drug-likeness (QED) is 0.732. The fourth-order valence-electron chi connectivity index (χ4n) is 1.66. The summed E-state index contributed by atoms with van der Waals surface area (Å²) in [7, 11) is 1.30. The van der Waals surface area contributed by atoms with E-state index in [1.807, 2.05) is 0 Å². The predicted octanol–water partition coefficient (Wildman–Crippen LogP) is 3.32. The van der Waals surface area contributed by atoms with Crippen LogP contribution in [0.15, 0.2) is 33.7 Å². The molecule has 0 spiro atoms. The van der Waals surface area contributed by atoms with Crippen LogP contribution in [0.4, 0.5) is 13.2 Å². The summed E-state index contributed by atoms with van der Waals surface area (Å²) in [5.74, 6) is 0. The maximum atomic E-state index is 12.8. The van der Waals surface area contributed by atoms with Gasteiger partial charge in [-0.05, 0) is 18.2 Å². The Labute approximate surface area is 103 Å². The van der Waals surface area contributed by atoms with Crippen LogP contribution in [-0.2, 0) is 13.2 Å². The van der Waals surface area contributed by atoms with Crippen molar-refractivity contribution >= 4 is 26.7 Å². The molecule has 1 heterocycles. The van der Waals surface area contributed by atoms with Crippen LogP contribution in [0.2, 0.25) is 0 Å². The summed E-state index contributed by atoms with van der Waals surface area (Å²) in [6.45, 7) is 0. The number of halogens is 4. The lowest BCUT2D eigenvalue weighted by Crippen LogP contribution is -2.20. The molecule has 0 aliphatic heterocycles. The first-order valence-corrected chi connectivity index (χ1v) is 5.46. The van der Waals surface area contributed by atoms with Crippen molar-refractivity contribution in [3.8, 4) is 0 Å². The number of rotatable bonds is 0. The first-order chi connectivity index (χ1) is 7.80. The minimum Gasteiger partial charge on any atom is -0.317 e. The fraction of sp³-hybridized carbons (Fsp3) is 0.182. The van der Waals surface area contributed by atoms with Crippen LogP contribution < -0.4 is 5.56 Å². The molecule has 1 aromatic carbocycles. The van der Waals surface area contributed by atoms with Crippen LogP contribution in [0.25, 0.3) is 10.8 Å². The van der Waals surface area contributed by atoms with Crippen molar-refractivity contribution in [3.63, 3.8) is 0 Å². The van der Waals surface area contributed by atoms with E-state index in [4.69, 9.17) is 0 Å². The second-order valence-corrected chi connectivity index (χ2v) is 4.56. The summed E-state index contributed by atoms with van der Waals surface area (Å²) in [4.78, 5) is 11.7. The van der Waals surface area contributed by atoms with Crippen molar-refractivity contribution < 1.29 is 13.2 Å². The second kappa shape index (κ2) is 3.87. The monoisotopic (exact) mass is 305 g/mol. The van der Waals surface area contributed by atoms with Gasteiger partial charge in [0.1, 0.15) is 0 Å². The van der Waals surface area contributed by atoms with Gasteiger partial charge in [0, 0.05) is 28.5 Å². The van der Waals surface area contributed by atoms with Crippen LogP contribution in [0, 0.1) is 0 Å². The van der Waals surface area contributed by atoms with Gasteiger partial charge < -0.3 is 4.57 Å². The van der Waals surface area contributed by atoms with E-state index in [-0.39, 0.29) is 10.8 Å². The Morgan fingerprint density at radius 3 is 2.47 bits per heavy atom. The maximum absolute atomic E-state index is 12.8. The van der Waals surface area contributed by atoms with Gasteiger partial charge in [0.25, 0.3) is 5.56 Å². The molecule has 0 aliphatic rings. The van der Waals surface area contributed by atoms with Crippen LogP contribution in [0.5, 0.6) is 0 Å². The van der Waals surface area contributed by atoms with Crippen LogP contribution in [0.1, 0.15) is 5.56 Å². The molecule has 0 aliphatic carbocycles. The van der Waals surface area contributed by atoms with E-state index in [1.165, 1.54) is 19.2 Å². The third-order valence-corrected chi connectivity index (χ3v) is 2.94. The predicted molar refractivity (Wildman–Crippen MR) is 61.9 cm³/mol. The third-order valence-electron chi connectivity index (χ3n) is 2.45. The molecular formula is C11H7BrF3NO. The number of pyridine rings is 1. The molecule has 17 heavy (non-hydrogen) atoms. The highest BCUT2D eigenvalue weighted by Gasteiger charge is 2.33. The van der Waals surface area contributed by atoms with E-state index >= 15 is 0 Å². The molecule has 6 heteroatoms. The van der Waals surface area contributed by atoms with Gasteiger partial charge in [-0.3, -0.25) is 4.79 Å². The molecule has 0 N–H and O–H groups in total. The summed E-state index contributed by atoms with van der Waals surface area (Å²) in [6.07, 6.45) is -3.67. The average molecular weight is 306 g/mol. The van der Waals surface area contributed by atoms with Crippen molar-refractivity contribution in [1.82, 2.24) is 4.57 Å². The van der Waals surface area contributed by atoms with Gasteiger partial charge in [-0.25, -0.2) is 0 Å². The first-order valence-electron chi connectivity index (χ1n) is 4.67. The average Bonchev–Trinajstić information content (AvgIpc) is 2.21. The maximum Gasteiger partial charge on any atom is 0.418 e. The van der Waals surface area contributed by atoms with Crippen molar-refractivity contribution in [3.05, 3.63) is 44.8 Å². The number of benzene rings is 1. The van der Waals surface area contributed by atoms with Gasteiger partial charge in [-0.1, -0.05) is 15.9 Å². The third kappa shape index (κ3) is 2.09. The Balaban J connectivity index is 2.99. The lowest BCUT2D eigenvalue weighted by molar-refractivity contribution is -0.136. The van der Waals surface area contributed by atoms with E-state index in [0.717, 1.165) is 10.8 Å². The first kappa shape index (κ1) is 12.2. The minimum absolute atomic E-state index is 0.0607. The zero-order valence-corrected chi connectivity index (χ0v) is 10.3. The Morgan fingerprint density at radius 1 is 1.24 bits per heavy atom. The highest BCUT2D eigenvalue weighted by molar-refractivity contribution is 9.10. The van der Waals surface area contributed by atoms with Gasteiger partial charge >= 0.3 is 6.18 Å². The summed E-state index contributed by atoms with van der Waals surface area (Å²) in [6, 6.07) is 4.24. The van der Waals surface area contributed by atoms with Crippen LogP contribution >= 0.6 is 15.9 Å². The molecule has 0 bridgehead atoms. The van der Waals surface area contributed by atoms with Gasteiger partial charge in [-0.2, -0.15) is 13.2 Å². The summed E-state index contributed by atoms with van der Waals surface area (Å²) in [5, 5.41) is -0.0273. The highest BCUT2D eigenvalue weighted by Crippen LogP contribution is 2.34. The highest BCUT2D eigenvalue weighted by atomic mass is 79.9. The zero-order chi connectivity index (χ0) is 12.8. The van der Waals surface area contributed by atoms with Crippen molar-refractivity contribution in [2.24, 2.45) is 7.05 Å². The second-order valence-electron chi connectivity index (χ2n) is 3.65. The largest absolute Gasteiger partial charge is 0.418 e. The van der Waals surface area contributed by atoms with Crippen molar-refractivity contribution in [2.45, 2.75) is 6.18 Å². The molecule has 90 valence electrons. The SMILES string of the molecule is Cn1cc(C(F)(F)F)c2cc(Br)ccc2c1=O. The Hall–Kier alpha value is -1.30. The van der Waals surface area contributed by atoms with Gasteiger partial charge in [0.15, 0.2) is 0 Å². The van der Waals surface area contributed by atoms with Gasteiger partial charge in [0.05, 0.1) is 5.56 Å². The summed E-state index contributed by atoms with van der Waals surface area (Å²) in [5.41, 5.74) is -1.25. The molecule has 0 amide bonds. The van der Waals surface area contributed by atoms with E-state index in [9.17, 15) is 18.0 Å². The molecule has 0 fully saturated rings. The number of fused-ring (bicyclic) bond motifs is 1.